The third-order valence-electron chi connectivity index (χ3n) is 2.10. The second kappa shape index (κ2) is 3.61. The van der Waals surface area contributed by atoms with E-state index in [0.29, 0.717) is 11.4 Å². The molecule has 1 aromatic rings. The molecule has 0 amide bonds. The van der Waals surface area contributed by atoms with E-state index in [9.17, 15) is 9.59 Å². The van der Waals surface area contributed by atoms with Crippen molar-refractivity contribution in [2.75, 3.05) is 0 Å². The molecule has 0 N–H and O–H groups in total. The summed E-state index contributed by atoms with van der Waals surface area (Å²) >= 11 is 0. The highest BCUT2D eigenvalue weighted by Gasteiger charge is 2.09. The van der Waals surface area contributed by atoms with Crippen LogP contribution in [0.5, 0.6) is 0 Å². The summed E-state index contributed by atoms with van der Waals surface area (Å²) in [5, 5.41) is 0. The molecule has 5 heteroatoms. The van der Waals surface area contributed by atoms with Gasteiger partial charge >= 0.3 is 5.69 Å². The maximum atomic E-state index is 11.5. The van der Waals surface area contributed by atoms with Gasteiger partial charge in [0.1, 0.15) is 5.82 Å². The van der Waals surface area contributed by atoms with Crippen LogP contribution >= 0.6 is 0 Å². The molecule has 0 saturated carbocycles. The van der Waals surface area contributed by atoms with Crippen molar-refractivity contribution in [3.8, 4) is 0 Å². The van der Waals surface area contributed by atoms with Crippen molar-refractivity contribution >= 4 is 12.0 Å². The van der Waals surface area contributed by atoms with Crippen molar-refractivity contribution in [1.82, 2.24) is 9.13 Å². The first kappa shape index (κ1) is 10.4. The minimum Gasteiger partial charge on any atom is -0.281 e. The van der Waals surface area contributed by atoms with Gasteiger partial charge in [0.2, 0.25) is 0 Å². The smallest absolute Gasteiger partial charge is 0.281 e. The molecule has 0 fully saturated rings. The van der Waals surface area contributed by atoms with E-state index < -0.39 is 0 Å². The minimum absolute atomic E-state index is 0.297. The van der Waals surface area contributed by atoms with Crippen molar-refractivity contribution in [2.45, 2.75) is 13.8 Å². The van der Waals surface area contributed by atoms with Gasteiger partial charge in [-0.25, -0.2) is 9.79 Å². The fraction of sp³-hybridized carbons (Fsp3) is 0.444. The van der Waals surface area contributed by atoms with Crippen LogP contribution in [-0.2, 0) is 14.1 Å². The highest BCUT2D eigenvalue weighted by molar-refractivity contribution is 5.59. The van der Waals surface area contributed by atoms with E-state index in [1.807, 2.05) is 0 Å². The molecule has 0 saturated heterocycles. The Bertz CT molecular complexity index is 457. The molecule has 0 unspecified atom stereocenters. The Morgan fingerprint density at radius 3 is 2.29 bits per heavy atom. The Morgan fingerprint density at radius 2 is 1.79 bits per heavy atom. The van der Waals surface area contributed by atoms with Crippen LogP contribution in [0.25, 0.3) is 0 Å². The van der Waals surface area contributed by atoms with Crippen molar-refractivity contribution in [3.63, 3.8) is 0 Å². The predicted octanol–water partition coefficient (Wildman–Crippen LogP) is 0.115. The number of aromatic nitrogens is 2. The molecule has 1 rings (SSSR count). The van der Waals surface area contributed by atoms with Gasteiger partial charge in [0, 0.05) is 20.3 Å². The molecule has 0 radical (unpaired) electrons. The first-order valence-corrected chi connectivity index (χ1v) is 4.26. The van der Waals surface area contributed by atoms with Gasteiger partial charge in [0.25, 0.3) is 5.56 Å². The van der Waals surface area contributed by atoms with Gasteiger partial charge in [-0.05, 0) is 13.8 Å². The fourth-order valence-corrected chi connectivity index (χ4v) is 1.31. The molecule has 1 heterocycles. The van der Waals surface area contributed by atoms with E-state index in [2.05, 4.69) is 4.99 Å². The fourth-order valence-electron chi connectivity index (χ4n) is 1.31. The average Bonchev–Trinajstić information content (AvgIpc) is 2.19. The van der Waals surface area contributed by atoms with E-state index >= 15 is 0 Å². The van der Waals surface area contributed by atoms with Gasteiger partial charge in [0.05, 0.1) is 5.56 Å². The molecule has 0 bridgehead atoms. The summed E-state index contributed by atoms with van der Waals surface area (Å²) in [5.41, 5.74) is -0.178. The standard InChI is InChI=1S/C9H13N3O2/c1-5-10-7-6(2)8(13)12(4)9(14)11(7)3/h5H,1-4H3. The largest absolute Gasteiger partial charge is 0.332 e. The average molecular weight is 195 g/mol. The highest BCUT2D eigenvalue weighted by atomic mass is 16.2. The van der Waals surface area contributed by atoms with Crippen molar-refractivity contribution in [3.05, 3.63) is 26.4 Å². The van der Waals surface area contributed by atoms with Gasteiger partial charge in [-0.3, -0.25) is 13.9 Å². The molecule has 0 aliphatic heterocycles. The molecular weight excluding hydrogens is 182 g/mol. The van der Waals surface area contributed by atoms with Crippen molar-refractivity contribution in [1.29, 1.82) is 0 Å². The lowest BCUT2D eigenvalue weighted by Gasteiger charge is -2.07. The van der Waals surface area contributed by atoms with Crippen LogP contribution in [0.1, 0.15) is 12.5 Å². The Morgan fingerprint density at radius 1 is 1.21 bits per heavy atom. The number of hydrogen-bond donors (Lipinski definition) is 0. The predicted molar refractivity (Wildman–Crippen MR) is 55.5 cm³/mol. The second-order valence-electron chi connectivity index (χ2n) is 3.04. The van der Waals surface area contributed by atoms with E-state index in [4.69, 9.17) is 0 Å². The monoisotopic (exact) mass is 195 g/mol. The Kier molecular flexibility index (Phi) is 2.69. The Hall–Kier alpha value is -1.65. The SMILES string of the molecule is CC=Nc1c(C)c(=O)n(C)c(=O)n1C. The van der Waals surface area contributed by atoms with Gasteiger partial charge in [-0.1, -0.05) is 0 Å². The van der Waals surface area contributed by atoms with E-state index in [-0.39, 0.29) is 11.2 Å². The molecule has 0 aliphatic rings. The van der Waals surface area contributed by atoms with Crippen LogP contribution in [0, 0.1) is 6.92 Å². The van der Waals surface area contributed by atoms with Crippen LogP contribution in [0.15, 0.2) is 14.6 Å². The van der Waals surface area contributed by atoms with Crippen LogP contribution in [-0.4, -0.2) is 15.3 Å². The van der Waals surface area contributed by atoms with Crippen LogP contribution in [0.3, 0.4) is 0 Å². The maximum absolute atomic E-state index is 11.5. The summed E-state index contributed by atoms with van der Waals surface area (Å²) in [7, 11) is 3.05. The normalized spacial score (nSPS) is 11.1. The summed E-state index contributed by atoms with van der Waals surface area (Å²) in [4.78, 5) is 27.0. The summed E-state index contributed by atoms with van der Waals surface area (Å²) in [6.45, 7) is 3.39. The van der Waals surface area contributed by atoms with Crippen molar-refractivity contribution in [2.24, 2.45) is 19.1 Å². The number of rotatable bonds is 1. The van der Waals surface area contributed by atoms with Crippen molar-refractivity contribution < 1.29 is 0 Å². The number of nitrogens with zero attached hydrogens (tertiary/aromatic N) is 3. The van der Waals surface area contributed by atoms with Crippen LogP contribution in [0.2, 0.25) is 0 Å². The summed E-state index contributed by atoms with van der Waals surface area (Å²) in [6.07, 6.45) is 1.56. The molecule has 5 nitrogen and oxygen atoms in total. The molecule has 1 aromatic heterocycles. The first-order valence-electron chi connectivity index (χ1n) is 4.26. The van der Waals surface area contributed by atoms with Gasteiger partial charge in [-0.2, -0.15) is 0 Å². The lowest BCUT2D eigenvalue weighted by Crippen LogP contribution is -2.38. The third kappa shape index (κ3) is 1.41. The lowest BCUT2D eigenvalue weighted by atomic mass is 10.3. The van der Waals surface area contributed by atoms with Gasteiger partial charge in [0.15, 0.2) is 0 Å². The zero-order valence-electron chi connectivity index (χ0n) is 8.74. The summed E-state index contributed by atoms with van der Waals surface area (Å²) < 4.78 is 2.43. The molecule has 0 spiro atoms. The number of hydrogen-bond acceptors (Lipinski definition) is 3. The Labute approximate surface area is 81.3 Å². The number of aliphatic imine (C=N–C) groups is 1. The topological polar surface area (TPSA) is 56.4 Å². The minimum atomic E-state index is -0.360. The zero-order valence-corrected chi connectivity index (χ0v) is 8.74. The lowest BCUT2D eigenvalue weighted by molar-refractivity contribution is 0.680. The molecule has 76 valence electrons. The Balaban J connectivity index is 3.78. The van der Waals surface area contributed by atoms with Crippen LogP contribution in [0.4, 0.5) is 5.82 Å². The van der Waals surface area contributed by atoms with E-state index in [1.165, 1.54) is 11.6 Å². The molecule has 0 aromatic carbocycles. The third-order valence-corrected chi connectivity index (χ3v) is 2.10. The second-order valence-corrected chi connectivity index (χ2v) is 3.04. The molecule has 0 atom stereocenters. The van der Waals surface area contributed by atoms with Gasteiger partial charge in [-0.15, -0.1) is 0 Å². The highest BCUT2D eigenvalue weighted by Crippen LogP contribution is 2.09. The maximum Gasteiger partial charge on any atom is 0.332 e. The first-order chi connectivity index (χ1) is 6.50. The quantitative estimate of drug-likeness (QED) is 0.597. The van der Waals surface area contributed by atoms with Crippen LogP contribution < -0.4 is 11.2 Å². The van der Waals surface area contributed by atoms with Gasteiger partial charge < -0.3 is 0 Å². The summed E-state index contributed by atoms with van der Waals surface area (Å²) in [5.74, 6) is 0.417. The van der Waals surface area contributed by atoms with E-state index in [0.717, 1.165) is 4.57 Å². The van der Waals surface area contributed by atoms with E-state index in [1.54, 1.807) is 27.1 Å². The zero-order chi connectivity index (χ0) is 10.9. The molecular formula is C9H13N3O2. The molecule has 0 aliphatic carbocycles. The molecule has 14 heavy (non-hydrogen) atoms. The summed E-state index contributed by atoms with van der Waals surface area (Å²) in [6, 6.07) is 0.